The Morgan fingerprint density at radius 2 is 1.90 bits per heavy atom. The van der Waals surface area contributed by atoms with Crippen molar-refractivity contribution < 1.29 is 22.7 Å². The molecule has 2 aliphatic rings. The number of benzene rings is 1. The summed E-state index contributed by atoms with van der Waals surface area (Å²) >= 11 is 0. The normalized spacial score (nSPS) is 19.7. The number of nitrogens with one attached hydrogen (secondary N) is 1. The van der Waals surface area contributed by atoms with Gasteiger partial charge >= 0.3 is 12.2 Å². The van der Waals surface area contributed by atoms with E-state index in [4.69, 9.17) is 4.74 Å². The number of aryl methyl sites for hydroxylation is 1. The van der Waals surface area contributed by atoms with Crippen LogP contribution in [0.3, 0.4) is 0 Å². The van der Waals surface area contributed by atoms with Crippen molar-refractivity contribution in [1.82, 2.24) is 20.0 Å². The highest BCUT2D eigenvalue weighted by atomic mass is 19.4. The SMILES string of the molecule is Cc1ccc(NC(=O)N2CCN(C3CCOc4cc(C(F)(F)F)ccc43)CC2)nn1. The molecule has 0 spiro atoms. The fourth-order valence-corrected chi connectivity index (χ4v) is 3.82. The first-order chi connectivity index (χ1) is 14.3. The topological polar surface area (TPSA) is 70.6 Å². The van der Waals surface area contributed by atoms with Gasteiger partial charge in [0.15, 0.2) is 5.82 Å². The largest absolute Gasteiger partial charge is 0.493 e. The molecule has 0 aliphatic carbocycles. The lowest BCUT2D eigenvalue weighted by Crippen LogP contribution is -2.51. The van der Waals surface area contributed by atoms with Crippen molar-refractivity contribution in [3.8, 4) is 5.75 Å². The number of urea groups is 1. The van der Waals surface area contributed by atoms with E-state index in [9.17, 15) is 18.0 Å². The van der Waals surface area contributed by atoms with Gasteiger partial charge in [-0.25, -0.2) is 4.79 Å². The predicted octanol–water partition coefficient (Wildman–Crippen LogP) is 3.48. The molecule has 4 rings (SSSR count). The zero-order valence-electron chi connectivity index (χ0n) is 16.4. The maximum atomic E-state index is 13.0. The summed E-state index contributed by atoms with van der Waals surface area (Å²) in [4.78, 5) is 16.4. The minimum absolute atomic E-state index is 0.0239. The lowest BCUT2D eigenvalue weighted by molar-refractivity contribution is -0.137. The van der Waals surface area contributed by atoms with Crippen LogP contribution in [0, 0.1) is 6.92 Å². The Kier molecular flexibility index (Phi) is 5.50. The number of alkyl halides is 3. The van der Waals surface area contributed by atoms with E-state index in [1.807, 2.05) is 6.92 Å². The van der Waals surface area contributed by atoms with Gasteiger partial charge in [0.25, 0.3) is 0 Å². The number of ether oxygens (including phenoxy) is 1. The third-order valence-corrected chi connectivity index (χ3v) is 5.42. The van der Waals surface area contributed by atoms with Crippen molar-refractivity contribution in [2.24, 2.45) is 0 Å². The monoisotopic (exact) mass is 421 g/mol. The second kappa shape index (κ2) is 8.10. The third kappa shape index (κ3) is 4.33. The van der Waals surface area contributed by atoms with Gasteiger partial charge in [0.1, 0.15) is 5.75 Å². The Labute approximate surface area is 171 Å². The number of carbonyl (C=O) groups is 1. The highest BCUT2D eigenvalue weighted by Gasteiger charge is 2.35. The van der Waals surface area contributed by atoms with Gasteiger partial charge < -0.3 is 9.64 Å². The van der Waals surface area contributed by atoms with Crippen molar-refractivity contribution in [3.63, 3.8) is 0 Å². The zero-order chi connectivity index (χ0) is 21.3. The fraction of sp³-hybridized carbons (Fsp3) is 0.450. The first-order valence-corrected chi connectivity index (χ1v) is 9.75. The Hall–Kier alpha value is -2.88. The number of nitrogens with zero attached hydrogens (tertiary/aromatic N) is 4. The molecule has 10 heteroatoms. The second-order valence-electron chi connectivity index (χ2n) is 7.42. The number of rotatable bonds is 2. The number of halogens is 3. The van der Waals surface area contributed by atoms with E-state index >= 15 is 0 Å². The maximum Gasteiger partial charge on any atom is 0.416 e. The van der Waals surface area contributed by atoms with E-state index in [2.05, 4.69) is 20.4 Å². The number of hydrogen-bond acceptors (Lipinski definition) is 5. The van der Waals surface area contributed by atoms with E-state index in [1.165, 1.54) is 6.07 Å². The van der Waals surface area contributed by atoms with Crippen LogP contribution >= 0.6 is 0 Å². The summed E-state index contributed by atoms with van der Waals surface area (Å²) in [5, 5.41) is 10.6. The molecule has 0 radical (unpaired) electrons. The summed E-state index contributed by atoms with van der Waals surface area (Å²) < 4.78 is 44.5. The van der Waals surface area contributed by atoms with E-state index in [0.717, 1.165) is 23.4 Å². The molecular weight excluding hydrogens is 399 g/mol. The van der Waals surface area contributed by atoms with Crippen LogP contribution in [-0.4, -0.2) is 58.8 Å². The lowest BCUT2D eigenvalue weighted by atomic mass is 9.96. The summed E-state index contributed by atoms with van der Waals surface area (Å²) in [6.45, 7) is 4.45. The maximum absolute atomic E-state index is 13.0. The standard InChI is InChI=1S/C20H22F3N5O2/c1-13-2-5-18(26-25-13)24-19(29)28-9-7-27(8-10-28)16-6-11-30-17-12-14(20(21,22)23)3-4-15(16)17/h2-5,12,16H,6-11H2,1H3,(H,24,26,29). The molecule has 0 bridgehead atoms. The van der Waals surface area contributed by atoms with Gasteiger partial charge in [-0.1, -0.05) is 6.07 Å². The first-order valence-electron chi connectivity index (χ1n) is 9.75. The summed E-state index contributed by atoms with van der Waals surface area (Å²) in [5.41, 5.74) is 0.824. The highest BCUT2D eigenvalue weighted by Crippen LogP contribution is 2.40. The van der Waals surface area contributed by atoms with E-state index in [0.29, 0.717) is 50.8 Å². The van der Waals surface area contributed by atoms with Crippen LogP contribution in [0.15, 0.2) is 30.3 Å². The number of piperazine rings is 1. The number of aromatic nitrogens is 2. The summed E-state index contributed by atoms with van der Waals surface area (Å²) in [5.74, 6) is 0.686. The number of fused-ring (bicyclic) bond motifs is 1. The predicted molar refractivity (Wildman–Crippen MR) is 103 cm³/mol. The van der Waals surface area contributed by atoms with Crippen molar-refractivity contribution >= 4 is 11.8 Å². The molecule has 2 aromatic rings. The second-order valence-corrected chi connectivity index (χ2v) is 7.42. The van der Waals surface area contributed by atoms with Gasteiger partial charge in [0.05, 0.1) is 17.9 Å². The summed E-state index contributed by atoms with van der Waals surface area (Å²) in [7, 11) is 0. The molecule has 2 aliphatic heterocycles. The Balaban J connectivity index is 1.39. The molecule has 1 saturated heterocycles. The minimum Gasteiger partial charge on any atom is -0.493 e. The van der Waals surface area contributed by atoms with Gasteiger partial charge in [-0.05, 0) is 31.2 Å². The molecule has 1 unspecified atom stereocenters. The van der Waals surface area contributed by atoms with Gasteiger partial charge in [0.2, 0.25) is 0 Å². The summed E-state index contributed by atoms with van der Waals surface area (Å²) in [6, 6.07) is 6.90. The van der Waals surface area contributed by atoms with Gasteiger partial charge in [-0.3, -0.25) is 10.2 Å². The third-order valence-electron chi connectivity index (χ3n) is 5.42. The minimum atomic E-state index is -4.40. The van der Waals surface area contributed by atoms with Gasteiger partial charge in [-0.2, -0.15) is 18.3 Å². The van der Waals surface area contributed by atoms with Crippen molar-refractivity contribution in [3.05, 3.63) is 47.2 Å². The number of hydrogen-bond donors (Lipinski definition) is 1. The fourth-order valence-electron chi connectivity index (χ4n) is 3.82. The zero-order valence-corrected chi connectivity index (χ0v) is 16.4. The molecule has 1 fully saturated rings. The van der Waals surface area contributed by atoms with Crippen molar-refractivity contribution in [2.45, 2.75) is 25.6 Å². The Morgan fingerprint density at radius 1 is 1.13 bits per heavy atom. The van der Waals surface area contributed by atoms with E-state index in [-0.39, 0.29) is 12.1 Å². The molecule has 2 amide bonds. The molecule has 3 heterocycles. The van der Waals surface area contributed by atoms with E-state index in [1.54, 1.807) is 17.0 Å². The van der Waals surface area contributed by atoms with Gasteiger partial charge in [0, 0.05) is 44.2 Å². The van der Waals surface area contributed by atoms with E-state index < -0.39 is 11.7 Å². The average molecular weight is 421 g/mol. The van der Waals surface area contributed by atoms with Crippen LogP contribution in [0.4, 0.5) is 23.8 Å². The van der Waals surface area contributed by atoms with Crippen LogP contribution in [0.1, 0.15) is 29.3 Å². The lowest BCUT2D eigenvalue weighted by Gasteiger charge is -2.41. The number of carbonyl (C=O) groups excluding carboxylic acids is 1. The summed E-state index contributed by atoms with van der Waals surface area (Å²) in [6.07, 6.45) is -3.70. The van der Waals surface area contributed by atoms with Crippen LogP contribution in [0.2, 0.25) is 0 Å². The molecule has 7 nitrogen and oxygen atoms in total. The van der Waals surface area contributed by atoms with Crippen molar-refractivity contribution in [1.29, 1.82) is 0 Å². The van der Waals surface area contributed by atoms with Crippen molar-refractivity contribution in [2.75, 3.05) is 38.1 Å². The number of anilines is 1. The van der Waals surface area contributed by atoms with Crippen LogP contribution in [-0.2, 0) is 6.18 Å². The van der Waals surface area contributed by atoms with Gasteiger partial charge in [-0.15, -0.1) is 5.10 Å². The quantitative estimate of drug-likeness (QED) is 0.804. The molecule has 1 atom stereocenters. The molecule has 1 aromatic carbocycles. The average Bonchev–Trinajstić information content (AvgIpc) is 2.74. The smallest absolute Gasteiger partial charge is 0.416 e. The molecule has 1 N–H and O–H groups in total. The van der Waals surface area contributed by atoms with Crippen LogP contribution < -0.4 is 10.1 Å². The Bertz CT molecular complexity index is 912. The molecule has 1 aromatic heterocycles. The first kappa shape index (κ1) is 20.4. The molecule has 0 saturated carbocycles. The Morgan fingerprint density at radius 3 is 2.57 bits per heavy atom. The molecular formula is C20H22F3N5O2. The van der Waals surface area contributed by atoms with Crippen LogP contribution in [0.5, 0.6) is 5.75 Å². The number of amides is 2. The highest BCUT2D eigenvalue weighted by molar-refractivity contribution is 5.88. The van der Waals surface area contributed by atoms with Crippen LogP contribution in [0.25, 0.3) is 0 Å². The molecule has 30 heavy (non-hydrogen) atoms. The molecule has 160 valence electrons.